The molecule has 7 heteroatoms. The van der Waals surface area contributed by atoms with E-state index in [1.54, 1.807) is 7.05 Å². The van der Waals surface area contributed by atoms with Crippen LogP contribution >= 0.6 is 0 Å². The molecule has 2 aromatic rings. The van der Waals surface area contributed by atoms with Gasteiger partial charge >= 0.3 is 0 Å². The predicted octanol–water partition coefficient (Wildman–Crippen LogP) is 4.30. The molecule has 2 aromatic carbocycles. The van der Waals surface area contributed by atoms with Crippen molar-refractivity contribution in [3.63, 3.8) is 0 Å². The van der Waals surface area contributed by atoms with Crippen LogP contribution in [0.1, 0.15) is 57.6 Å². The van der Waals surface area contributed by atoms with Gasteiger partial charge < -0.3 is 24.8 Å². The fourth-order valence-electron chi connectivity index (χ4n) is 5.64. The van der Waals surface area contributed by atoms with E-state index < -0.39 is 0 Å². The molecule has 3 heterocycles. The number of likely N-dealkylation sites (N-methyl/N-ethyl adjacent to an activating group) is 1. The normalized spacial score (nSPS) is 20.4. The third-order valence-corrected chi connectivity index (χ3v) is 8.27. The molecule has 0 spiro atoms. The summed E-state index contributed by atoms with van der Waals surface area (Å²) in [6, 6.07) is 19.1. The van der Waals surface area contributed by atoms with Crippen molar-refractivity contribution >= 4 is 23.8 Å². The van der Waals surface area contributed by atoms with Crippen LogP contribution < -0.4 is 10.2 Å². The van der Waals surface area contributed by atoms with Crippen LogP contribution in [0.2, 0.25) is 0 Å². The van der Waals surface area contributed by atoms with Gasteiger partial charge in [-0.25, -0.2) is 0 Å². The number of para-hydroxylation sites is 1. The second-order valence-electron chi connectivity index (χ2n) is 11.6. The van der Waals surface area contributed by atoms with Gasteiger partial charge in [0.1, 0.15) is 6.29 Å². The summed E-state index contributed by atoms with van der Waals surface area (Å²) >= 11 is 0. The second kappa shape index (κ2) is 15.1. The van der Waals surface area contributed by atoms with Crippen LogP contribution in [0.25, 0.3) is 0 Å². The molecule has 0 aliphatic carbocycles. The zero-order valence-electron chi connectivity index (χ0n) is 25.1. The van der Waals surface area contributed by atoms with Gasteiger partial charge in [-0.2, -0.15) is 0 Å². The number of carbonyl (C=O) groups is 3. The number of aldehydes is 1. The molecule has 40 heavy (non-hydrogen) atoms. The zero-order valence-corrected chi connectivity index (χ0v) is 25.1. The minimum atomic E-state index is -0.375. The molecule has 1 atom stereocenters. The average Bonchev–Trinajstić information content (AvgIpc) is 3.19. The van der Waals surface area contributed by atoms with Crippen molar-refractivity contribution in [2.24, 2.45) is 5.92 Å². The van der Waals surface area contributed by atoms with Gasteiger partial charge in [-0.3, -0.25) is 9.59 Å². The molecule has 2 saturated heterocycles. The van der Waals surface area contributed by atoms with Crippen LogP contribution in [0.15, 0.2) is 54.6 Å². The summed E-state index contributed by atoms with van der Waals surface area (Å²) in [6.07, 6.45) is 6.04. The molecule has 218 valence electrons. The first-order chi connectivity index (χ1) is 19.2. The number of amides is 2. The lowest BCUT2D eigenvalue weighted by atomic mass is 9.86. The third-order valence-electron chi connectivity index (χ3n) is 8.27. The molecular formula is C33H48N4O3. The Morgan fingerprint density at radius 1 is 1.05 bits per heavy atom. The maximum atomic E-state index is 12.8. The topological polar surface area (TPSA) is 73.0 Å². The fourth-order valence-corrected chi connectivity index (χ4v) is 5.64. The Morgan fingerprint density at radius 3 is 2.27 bits per heavy atom. The van der Waals surface area contributed by atoms with E-state index in [-0.39, 0.29) is 29.7 Å². The van der Waals surface area contributed by atoms with Crippen LogP contribution in [0, 0.1) is 5.92 Å². The highest BCUT2D eigenvalue weighted by Crippen LogP contribution is 2.43. The van der Waals surface area contributed by atoms with Crippen LogP contribution in [0.3, 0.4) is 0 Å². The third kappa shape index (κ3) is 8.01. The van der Waals surface area contributed by atoms with Crippen LogP contribution in [-0.4, -0.2) is 80.8 Å². The number of fused-ring (bicyclic) bond motifs is 1. The summed E-state index contributed by atoms with van der Waals surface area (Å²) in [5.41, 5.74) is 3.35. The second-order valence-corrected chi connectivity index (χ2v) is 11.6. The number of hydrogen-bond acceptors (Lipinski definition) is 5. The van der Waals surface area contributed by atoms with Crippen LogP contribution in [-0.2, 0) is 26.2 Å². The SMILES string of the molecule is CCc1ccccc1.CN(CC=O)C(=O)C1CCCNC1.CN1CCC(N2C(=O)C(C)(C)c3ccccc32)CC1. The van der Waals surface area contributed by atoms with Gasteiger partial charge in [-0.05, 0) is 89.8 Å². The summed E-state index contributed by atoms with van der Waals surface area (Å²) < 4.78 is 0. The first kappa shape index (κ1) is 31.5. The molecule has 1 unspecified atom stereocenters. The molecule has 0 bridgehead atoms. The predicted molar refractivity (Wildman–Crippen MR) is 163 cm³/mol. The number of aryl methyl sites for hydroxylation is 1. The van der Waals surface area contributed by atoms with Gasteiger partial charge in [-0.1, -0.05) is 55.5 Å². The van der Waals surface area contributed by atoms with Crippen molar-refractivity contribution < 1.29 is 14.4 Å². The highest BCUT2D eigenvalue weighted by Gasteiger charge is 2.46. The first-order valence-electron chi connectivity index (χ1n) is 14.8. The van der Waals surface area contributed by atoms with Crippen molar-refractivity contribution in [3.05, 3.63) is 65.7 Å². The number of piperidine rings is 2. The number of rotatable bonds is 5. The van der Waals surface area contributed by atoms with E-state index in [0.717, 1.165) is 70.3 Å². The summed E-state index contributed by atoms with van der Waals surface area (Å²) in [7, 11) is 3.82. The lowest BCUT2D eigenvalue weighted by molar-refractivity contribution is -0.136. The summed E-state index contributed by atoms with van der Waals surface area (Å²) in [5.74, 6) is 0.418. The Balaban J connectivity index is 0.000000182. The molecule has 1 N–H and O–H groups in total. The van der Waals surface area contributed by atoms with E-state index in [9.17, 15) is 14.4 Å². The number of hydrogen-bond donors (Lipinski definition) is 1. The van der Waals surface area contributed by atoms with Gasteiger partial charge in [0.15, 0.2) is 0 Å². The van der Waals surface area contributed by atoms with Crippen molar-refractivity contribution in [1.29, 1.82) is 0 Å². The van der Waals surface area contributed by atoms with Crippen molar-refractivity contribution in [2.45, 2.75) is 64.3 Å². The highest BCUT2D eigenvalue weighted by atomic mass is 16.2. The number of nitrogens with one attached hydrogen (secondary N) is 1. The lowest BCUT2D eigenvalue weighted by Crippen LogP contribution is -2.47. The molecular weight excluding hydrogens is 500 g/mol. The zero-order chi connectivity index (χ0) is 29.1. The van der Waals surface area contributed by atoms with E-state index in [2.05, 4.69) is 65.5 Å². The Bertz CT molecular complexity index is 1090. The van der Waals surface area contributed by atoms with Gasteiger partial charge in [0.2, 0.25) is 11.8 Å². The molecule has 0 aromatic heterocycles. The van der Waals surface area contributed by atoms with Crippen molar-refractivity contribution in [3.8, 4) is 0 Å². The molecule has 3 aliphatic heterocycles. The minimum absolute atomic E-state index is 0.0682. The number of anilines is 1. The fraction of sp³-hybridized carbons (Fsp3) is 0.545. The smallest absolute Gasteiger partial charge is 0.237 e. The van der Waals surface area contributed by atoms with Crippen molar-refractivity contribution in [2.75, 3.05) is 51.7 Å². The number of carbonyl (C=O) groups excluding carboxylic acids is 3. The van der Waals surface area contributed by atoms with Crippen molar-refractivity contribution in [1.82, 2.24) is 15.1 Å². The average molecular weight is 549 g/mol. The Morgan fingerprint density at radius 2 is 1.70 bits per heavy atom. The van der Waals surface area contributed by atoms with Gasteiger partial charge in [0.05, 0.1) is 17.9 Å². The van der Waals surface area contributed by atoms with E-state index in [4.69, 9.17) is 0 Å². The van der Waals surface area contributed by atoms with Crippen LogP contribution in [0.4, 0.5) is 5.69 Å². The van der Waals surface area contributed by atoms with Crippen LogP contribution in [0.5, 0.6) is 0 Å². The number of nitrogens with zero attached hydrogens (tertiary/aromatic N) is 3. The monoisotopic (exact) mass is 548 g/mol. The molecule has 0 saturated carbocycles. The molecule has 3 aliphatic rings. The van der Waals surface area contributed by atoms with E-state index >= 15 is 0 Å². The number of benzene rings is 2. The number of likely N-dealkylation sites (tertiary alicyclic amines) is 1. The molecule has 5 rings (SSSR count). The minimum Gasteiger partial charge on any atom is -0.338 e. The van der Waals surface area contributed by atoms with Gasteiger partial charge in [0, 0.05) is 25.3 Å². The van der Waals surface area contributed by atoms with Gasteiger partial charge in [0.25, 0.3) is 0 Å². The Kier molecular flexibility index (Phi) is 11.9. The van der Waals surface area contributed by atoms with E-state index in [1.807, 2.05) is 32.0 Å². The maximum Gasteiger partial charge on any atom is 0.237 e. The summed E-state index contributed by atoms with van der Waals surface area (Å²) in [4.78, 5) is 40.5. The molecule has 2 amide bonds. The lowest BCUT2D eigenvalue weighted by Gasteiger charge is -2.36. The summed E-state index contributed by atoms with van der Waals surface area (Å²) in [5, 5.41) is 3.18. The highest BCUT2D eigenvalue weighted by molar-refractivity contribution is 6.08. The molecule has 0 radical (unpaired) electrons. The molecule has 7 nitrogen and oxygen atoms in total. The standard InChI is InChI=1S/C16H22N2O.C9H16N2O2.C8H10/c1-16(2)13-6-4-5-7-14(13)18(15(16)19)12-8-10-17(3)11-9-12;1-11(5-6-12)9(13)8-3-2-4-10-7-8;1-2-8-6-4-3-5-7-8/h4-7,12H,8-11H2,1-3H3;6,8,10H,2-5,7H2,1H3;3-7H,2H2,1H3. The Hall–Kier alpha value is -3.03. The van der Waals surface area contributed by atoms with Gasteiger partial charge in [-0.15, -0.1) is 0 Å². The van der Waals surface area contributed by atoms with E-state index in [0.29, 0.717) is 6.04 Å². The quantitative estimate of drug-likeness (QED) is 0.564. The Labute approximate surface area is 240 Å². The summed E-state index contributed by atoms with van der Waals surface area (Å²) in [6.45, 7) is 10.4. The maximum absolute atomic E-state index is 12.8. The largest absolute Gasteiger partial charge is 0.338 e. The van der Waals surface area contributed by atoms with E-state index in [1.165, 1.54) is 16.0 Å². The first-order valence-corrected chi connectivity index (χ1v) is 14.8. The molecule has 2 fully saturated rings.